The highest BCUT2D eigenvalue weighted by Gasteiger charge is 2.21. The standard InChI is InChI=1S/C16H17NO3S/c1-10-5-3-4-6-12(10)14(7-15(18)19)17-16(20)13-9-21-8-11(13)2/h3-6,8-9,14H,7H2,1-2H3,(H,17,20)(H,18,19). The van der Waals surface area contributed by atoms with E-state index < -0.39 is 12.0 Å². The Labute approximate surface area is 127 Å². The first-order chi connectivity index (χ1) is 9.99. The first kappa shape index (κ1) is 15.3. The molecule has 0 aliphatic rings. The molecule has 0 saturated heterocycles. The minimum Gasteiger partial charge on any atom is -0.481 e. The monoisotopic (exact) mass is 303 g/mol. The number of carbonyl (C=O) groups is 2. The predicted octanol–water partition coefficient (Wildman–Crippen LogP) is 3.31. The molecular formula is C16H17NO3S. The van der Waals surface area contributed by atoms with Crippen molar-refractivity contribution >= 4 is 23.2 Å². The fourth-order valence-corrected chi connectivity index (χ4v) is 3.05. The summed E-state index contributed by atoms with van der Waals surface area (Å²) < 4.78 is 0. The lowest BCUT2D eigenvalue weighted by Crippen LogP contribution is -2.30. The van der Waals surface area contributed by atoms with Gasteiger partial charge in [0.2, 0.25) is 0 Å². The van der Waals surface area contributed by atoms with Crippen LogP contribution in [0.1, 0.15) is 39.5 Å². The Bertz CT molecular complexity index is 663. The number of carboxylic acid groups (broad SMARTS) is 1. The van der Waals surface area contributed by atoms with Gasteiger partial charge < -0.3 is 10.4 Å². The van der Waals surface area contributed by atoms with E-state index in [1.54, 1.807) is 5.38 Å². The molecule has 1 heterocycles. The zero-order chi connectivity index (χ0) is 15.4. The average Bonchev–Trinajstić information content (AvgIpc) is 2.84. The molecule has 1 aromatic heterocycles. The highest BCUT2D eigenvalue weighted by Crippen LogP contribution is 2.22. The Balaban J connectivity index is 2.25. The molecule has 1 atom stereocenters. The predicted molar refractivity (Wildman–Crippen MR) is 82.7 cm³/mol. The zero-order valence-corrected chi connectivity index (χ0v) is 12.7. The van der Waals surface area contributed by atoms with Crippen LogP contribution in [-0.4, -0.2) is 17.0 Å². The number of carboxylic acids is 1. The molecule has 1 amide bonds. The third kappa shape index (κ3) is 3.70. The molecule has 0 fully saturated rings. The molecule has 1 aromatic carbocycles. The molecule has 0 radical (unpaired) electrons. The van der Waals surface area contributed by atoms with E-state index >= 15 is 0 Å². The van der Waals surface area contributed by atoms with Gasteiger partial charge in [0.15, 0.2) is 0 Å². The Hall–Kier alpha value is -2.14. The quantitative estimate of drug-likeness (QED) is 0.890. The minimum absolute atomic E-state index is 0.139. The third-order valence-corrected chi connectivity index (χ3v) is 4.21. The topological polar surface area (TPSA) is 66.4 Å². The molecule has 21 heavy (non-hydrogen) atoms. The van der Waals surface area contributed by atoms with Gasteiger partial charge in [-0.2, -0.15) is 11.3 Å². The van der Waals surface area contributed by atoms with Crippen molar-refractivity contribution in [3.05, 3.63) is 57.3 Å². The number of carbonyl (C=O) groups excluding carboxylic acids is 1. The van der Waals surface area contributed by atoms with Gasteiger partial charge in [-0.3, -0.25) is 9.59 Å². The summed E-state index contributed by atoms with van der Waals surface area (Å²) in [6, 6.07) is 6.96. The summed E-state index contributed by atoms with van der Waals surface area (Å²) in [6.45, 7) is 3.78. The van der Waals surface area contributed by atoms with Crippen molar-refractivity contribution in [2.45, 2.75) is 26.3 Å². The van der Waals surface area contributed by atoms with Crippen molar-refractivity contribution in [2.24, 2.45) is 0 Å². The molecular weight excluding hydrogens is 286 g/mol. The molecule has 1 unspecified atom stereocenters. The number of benzene rings is 1. The van der Waals surface area contributed by atoms with Crippen LogP contribution in [0.15, 0.2) is 35.0 Å². The summed E-state index contributed by atoms with van der Waals surface area (Å²) in [7, 11) is 0. The fourth-order valence-electron chi connectivity index (χ4n) is 2.22. The van der Waals surface area contributed by atoms with E-state index in [2.05, 4.69) is 5.32 Å². The van der Waals surface area contributed by atoms with Gasteiger partial charge in [0.05, 0.1) is 18.0 Å². The van der Waals surface area contributed by atoms with Gasteiger partial charge in [0.25, 0.3) is 5.91 Å². The largest absolute Gasteiger partial charge is 0.481 e. The van der Waals surface area contributed by atoms with E-state index in [9.17, 15) is 9.59 Å². The van der Waals surface area contributed by atoms with Gasteiger partial charge in [-0.25, -0.2) is 0 Å². The number of aryl methyl sites for hydroxylation is 2. The Kier molecular flexibility index (Phi) is 4.75. The molecule has 2 rings (SSSR count). The minimum atomic E-state index is -0.939. The molecule has 110 valence electrons. The summed E-state index contributed by atoms with van der Waals surface area (Å²) in [5.74, 6) is -1.17. The number of hydrogen-bond acceptors (Lipinski definition) is 3. The first-order valence-corrected chi connectivity index (χ1v) is 7.54. The second-order valence-electron chi connectivity index (χ2n) is 4.95. The van der Waals surface area contributed by atoms with Gasteiger partial charge in [0, 0.05) is 5.38 Å². The summed E-state index contributed by atoms with van der Waals surface area (Å²) in [6.07, 6.45) is -0.139. The smallest absolute Gasteiger partial charge is 0.305 e. The second kappa shape index (κ2) is 6.54. The molecule has 2 N–H and O–H groups in total. The maximum absolute atomic E-state index is 12.3. The number of aliphatic carboxylic acids is 1. The van der Waals surface area contributed by atoms with Crippen LogP contribution in [0.4, 0.5) is 0 Å². The molecule has 2 aromatic rings. The van der Waals surface area contributed by atoms with Gasteiger partial charge >= 0.3 is 5.97 Å². The Morgan fingerprint density at radius 1 is 1.19 bits per heavy atom. The Morgan fingerprint density at radius 2 is 1.90 bits per heavy atom. The van der Waals surface area contributed by atoms with E-state index in [1.165, 1.54) is 11.3 Å². The fraction of sp³-hybridized carbons (Fsp3) is 0.250. The summed E-state index contributed by atoms with van der Waals surface area (Å²) in [5.41, 5.74) is 3.30. The van der Waals surface area contributed by atoms with Crippen LogP contribution in [-0.2, 0) is 4.79 Å². The maximum atomic E-state index is 12.3. The maximum Gasteiger partial charge on any atom is 0.305 e. The highest BCUT2D eigenvalue weighted by atomic mass is 32.1. The zero-order valence-electron chi connectivity index (χ0n) is 11.9. The van der Waals surface area contributed by atoms with Crippen LogP contribution < -0.4 is 5.32 Å². The SMILES string of the molecule is Cc1cscc1C(=O)NC(CC(=O)O)c1ccccc1C. The van der Waals surface area contributed by atoms with Crippen LogP contribution in [0.25, 0.3) is 0 Å². The number of rotatable bonds is 5. The van der Waals surface area contributed by atoms with Gasteiger partial charge in [-0.05, 0) is 35.9 Å². The lowest BCUT2D eigenvalue weighted by Gasteiger charge is -2.19. The summed E-state index contributed by atoms with van der Waals surface area (Å²) in [4.78, 5) is 23.4. The Morgan fingerprint density at radius 3 is 2.48 bits per heavy atom. The van der Waals surface area contributed by atoms with Gasteiger partial charge in [-0.15, -0.1) is 0 Å². The van der Waals surface area contributed by atoms with Gasteiger partial charge in [0.1, 0.15) is 0 Å². The number of amides is 1. The van der Waals surface area contributed by atoms with Crippen molar-refractivity contribution in [1.29, 1.82) is 0 Å². The van der Waals surface area contributed by atoms with Crippen molar-refractivity contribution < 1.29 is 14.7 Å². The molecule has 0 aliphatic carbocycles. The first-order valence-electron chi connectivity index (χ1n) is 6.60. The van der Waals surface area contributed by atoms with Crippen molar-refractivity contribution in [1.82, 2.24) is 5.32 Å². The molecule has 5 heteroatoms. The molecule has 0 saturated carbocycles. The van der Waals surface area contributed by atoms with E-state index in [1.807, 2.05) is 43.5 Å². The average molecular weight is 303 g/mol. The summed E-state index contributed by atoms with van der Waals surface area (Å²) >= 11 is 1.46. The van der Waals surface area contributed by atoms with Gasteiger partial charge in [-0.1, -0.05) is 24.3 Å². The molecule has 0 bridgehead atoms. The lowest BCUT2D eigenvalue weighted by molar-refractivity contribution is -0.137. The van der Waals surface area contributed by atoms with Crippen LogP contribution in [0, 0.1) is 13.8 Å². The van der Waals surface area contributed by atoms with E-state index in [0.29, 0.717) is 5.56 Å². The molecule has 0 aliphatic heterocycles. The van der Waals surface area contributed by atoms with E-state index in [0.717, 1.165) is 16.7 Å². The second-order valence-corrected chi connectivity index (χ2v) is 5.69. The molecule has 0 spiro atoms. The van der Waals surface area contributed by atoms with Crippen molar-refractivity contribution in [3.63, 3.8) is 0 Å². The number of thiophene rings is 1. The summed E-state index contributed by atoms with van der Waals surface area (Å²) in [5, 5.41) is 15.6. The van der Waals surface area contributed by atoms with Crippen molar-refractivity contribution in [3.8, 4) is 0 Å². The number of nitrogens with one attached hydrogen (secondary N) is 1. The third-order valence-electron chi connectivity index (χ3n) is 3.35. The highest BCUT2D eigenvalue weighted by molar-refractivity contribution is 7.08. The number of hydrogen-bond donors (Lipinski definition) is 2. The van der Waals surface area contributed by atoms with E-state index in [4.69, 9.17) is 5.11 Å². The normalized spacial score (nSPS) is 11.9. The van der Waals surface area contributed by atoms with Crippen LogP contribution >= 0.6 is 11.3 Å². The van der Waals surface area contributed by atoms with Crippen LogP contribution in [0.5, 0.6) is 0 Å². The van der Waals surface area contributed by atoms with E-state index in [-0.39, 0.29) is 12.3 Å². The van der Waals surface area contributed by atoms with Crippen LogP contribution in [0.2, 0.25) is 0 Å². The molecule has 4 nitrogen and oxygen atoms in total. The van der Waals surface area contributed by atoms with Crippen molar-refractivity contribution in [2.75, 3.05) is 0 Å². The lowest BCUT2D eigenvalue weighted by atomic mass is 9.98. The van der Waals surface area contributed by atoms with Crippen LogP contribution in [0.3, 0.4) is 0 Å².